The van der Waals surface area contributed by atoms with E-state index in [1.165, 1.54) is 0 Å². The van der Waals surface area contributed by atoms with Gasteiger partial charge in [0, 0.05) is 49.3 Å². The smallest absolute Gasteiger partial charge is 0.0771 e. The SMILES string of the molecule is CCN1CC2(C)CCC(O)C34C5CC6C(OC)CC(O)(C(CC23)C14)C5C6O.Cl. The molecule has 1 heterocycles. The number of piperidine rings is 1. The highest BCUT2D eigenvalue weighted by molar-refractivity contribution is 5.85. The van der Waals surface area contributed by atoms with Gasteiger partial charge in [0.25, 0.3) is 0 Å². The number of halogens is 1. The number of aliphatic hydroxyl groups is 3. The second-order valence-electron chi connectivity index (χ2n) is 11.1. The molecule has 0 amide bonds. The molecule has 3 N–H and O–H groups in total. The lowest BCUT2D eigenvalue weighted by Gasteiger charge is -2.68. The van der Waals surface area contributed by atoms with Crippen molar-refractivity contribution in [2.45, 2.75) is 75.9 Å². The van der Waals surface area contributed by atoms with Crippen molar-refractivity contribution in [1.82, 2.24) is 4.90 Å². The van der Waals surface area contributed by atoms with Gasteiger partial charge in [0.05, 0.1) is 23.9 Å². The van der Waals surface area contributed by atoms with Crippen LogP contribution in [0, 0.1) is 40.4 Å². The number of nitrogens with zero attached hydrogens (tertiary/aromatic N) is 1. The van der Waals surface area contributed by atoms with E-state index >= 15 is 0 Å². The van der Waals surface area contributed by atoms with E-state index in [2.05, 4.69) is 18.7 Å². The molecule has 12 unspecified atom stereocenters. The van der Waals surface area contributed by atoms with Crippen molar-refractivity contribution in [3.63, 3.8) is 0 Å². The third kappa shape index (κ3) is 1.86. The summed E-state index contributed by atoms with van der Waals surface area (Å²) < 4.78 is 5.79. The molecule has 6 rings (SSSR count). The second-order valence-corrected chi connectivity index (χ2v) is 11.1. The predicted octanol–water partition coefficient (Wildman–Crippen LogP) is 1.67. The molecule has 5 saturated carbocycles. The van der Waals surface area contributed by atoms with Crippen molar-refractivity contribution in [2.24, 2.45) is 40.4 Å². The Morgan fingerprint density at radius 1 is 1.18 bits per heavy atom. The Kier molecular flexibility index (Phi) is 4.19. The first-order valence-corrected chi connectivity index (χ1v) is 11.2. The van der Waals surface area contributed by atoms with Crippen molar-refractivity contribution in [3.05, 3.63) is 0 Å². The molecule has 160 valence electrons. The number of rotatable bonds is 2. The van der Waals surface area contributed by atoms with Crippen LogP contribution in [0.15, 0.2) is 0 Å². The van der Waals surface area contributed by atoms with Gasteiger partial charge in [-0.1, -0.05) is 13.8 Å². The molecule has 1 aliphatic heterocycles. The van der Waals surface area contributed by atoms with Gasteiger partial charge in [-0.2, -0.15) is 0 Å². The van der Waals surface area contributed by atoms with E-state index in [4.69, 9.17) is 4.74 Å². The number of likely N-dealkylation sites (tertiary alicyclic amines) is 1. The number of aliphatic hydroxyl groups excluding tert-OH is 2. The highest BCUT2D eigenvalue weighted by Gasteiger charge is 2.82. The number of methoxy groups -OCH3 is 1. The summed E-state index contributed by atoms with van der Waals surface area (Å²) in [5, 5.41) is 34.9. The lowest BCUT2D eigenvalue weighted by Crippen LogP contribution is -2.75. The third-order valence-electron chi connectivity index (χ3n) is 10.7. The van der Waals surface area contributed by atoms with Crippen LogP contribution in [0.3, 0.4) is 0 Å². The fourth-order valence-electron chi connectivity index (χ4n) is 10.1. The number of hydrogen-bond acceptors (Lipinski definition) is 5. The molecule has 0 radical (unpaired) electrons. The molecule has 1 saturated heterocycles. The minimum Gasteiger partial charge on any atom is -0.392 e. The van der Waals surface area contributed by atoms with Crippen LogP contribution >= 0.6 is 12.4 Å². The van der Waals surface area contributed by atoms with Gasteiger partial charge in [-0.05, 0) is 49.5 Å². The molecule has 6 heteroatoms. The van der Waals surface area contributed by atoms with Crippen LogP contribution in [0.2, 0.25) is 0 Å². The summed E-state index contributed by atoms with van der Waals surface area (Å²) in [6.45, 7) is 6.74. The maximum atomic E-state index is 12.1. The second kappa shape index (κ2) is 5.86. The summed E-state index contributed by atoms with van der Waals surface area (Å²) in [5.74, 6) is 0.840. The van der Waals surface area contributed by atoms with Crippen LogP contribution in [0.1, 0.15) is 46.0 Å². The van der Waals surface area contributed by atoms with Gasteiger partial charge in [0.15, 0.2) is 0 Å². The van der Waals surface area contributed by atoms with E-state index in [0.29, 0.717) is 12.3 Å². The zero-order valence-corrected chi connectivity index (χ0v) is 18.1. The minimum atomic E-state index is -0.858. The Morgan fingerprint density at radius 2 is 1.93 bits per heavy atom. The number of ether oxygens (including phenoxy) is 1. The van der Waals surface area contributed by atoms with E-state index in [1.807, 2.05) is 0 Å². The van der Waals surface area contributed by atoms with E-state index in [-0.39, 0.29) is 65.2 Å². The molecule has 7 bridgehead atoms. The maximum absolute atomic E-state index is 12.1. The van der Waals surface area contributed by atoms with Gasteiger partial charge in [0.1, 0.15) is 0 Å². The fraction of sp³-hybridized carbons (Fsp3) is 1.00. The molecule has 5 aliphatic carbocycles. The Hall–Kier alpha value is 0.0900. The van der Waals surface area contributed by atoms with Crippen molar-refractivity contribution in [3.8, 4) is 0 Å². The van der Waals surface area contributed by atoms with Crippen LogP contribution in [0.25, 0.3) is 0 Å². The summed E-state index contributed by atoms with van der Waals surface area (Å²) in [5.41, 5.74) is -0.788. The van der Waals surface area contributed by atoms with Crippen molar-refractivity contribution in [1.29, 1.82) is 0 Å². The predicted molar refractivity (Wildman–Crippen MR) is 107 cm³/mol. The largest absolute Gasteiger partial charge is 0.392 e. The van der Waals surface area contributed by atoms with Crippen LogP contribution < -0.4 is 0 Å². The van der Waals surface area contributed by atoms with Crippen LogP contribution in [0.4, 0.5) is 0 Å². The Balaban J connectivity index is 0.00000171. The van der Waals surface area contributed by atoms with Crippen molar-refractivity contribution < 1.29 is 20.1 Å². The average Bonchev–Trinajstić information content (AvgIpc) is 3.07. The van der Waals surface area contributed by atoms with E-state index in [0.717, 1.165) is 38.8 Å². The standard InChI is InChI=1S/C22H35NO4.ClH/c1-4-23-10-20(2)6-5-16(24)22-12-7-11-14(27-3)9-21(26,17(12)18(11)25)13(19(22)23)8-15(20)22;/h11-19,24-26H,4-10H2,1-3H3;1H. The summed E-state index contributed by atoms with van der Waals surface area (Å²) in [4.78, 5) is 2.60. The lowest BCUT2D eigenvalue weighted by molar-refractivity contribution is -0.266. The zero-order valence-electron chi connectivity index (χ0n) is 17.3. The summed E-state index contributed by atoms with van der Waals surface area (Å²) in [7, 11) is 1.73. The molecule has 6 aliphatic rings. The average molecular weight is 414 g/mol. The van der Waals surface area contributed by atoms with Crippen molar-refractivity contribution in [2.75, 3.05) is 20.2 Å². The molecule has 12 atom stereocenters. The van der Waals surface area contributed by atoms with Gasteiger partial charge in [-0.3, -0.25) is 4.90 Å². The van der Waals surface area contributed by atoms with Gasteiger partial charge in [0.2, 0.25) is 0 Å². The normalized spacial score (nSPS) is 63.9. The van der Waals surface area contributed by atoms with Crippen molar-refractivity contribution >= 4 is 12.4 Å². The molecule has 1 spiro atoms. The van der Waals surface area contributed by atoms with E-state index in [1.54, 1.807) is 7.11 Å². The molecule has 6 fully saturated rings. The number of fused-ring (bicyclic) bond motifs is 2. The summed E-state index contributed by atoms with van der Waals surface area (Å²) in [6, 6.07) is 0.253. The molecule has 0 aromatic heterocycles. The third-order valence-corrected chi connectivity index (χ3v) is 10.7. The van der Waals surface area contributed by atoms with E-state index < -0.39 is 11.7 Å². The van der Waals surface area contributed by atoms with Gasteiger partial charge in [-0.15, -0.1) is 12.4 Å². The lowest BCUT2D eigenvalue weighted by atomic mass is 9.43. The Labute approximate surface area is 174 Å². The van der Waals surface area contributed by atoms with Crippen LogP contribution in [-0.4, -0.2) is 70.4 Å². The fourth-order valence-corrected chi connectivity index (χ4v) is 10.1. The highest BCUT2D eigenvalue weighted by Crippen LogP contribution is 2.78. The first-order valence-electron chi connectivity index (χ1n) is 11.2. The first-order chi connectivity index (χ1) is 12.8. The Bertz CT molecular complexity index is 679. The Morgan fingerprint density at radius 3 is 2.61 bits per heavy atom. The zero-order chi connectivity index (χ0) is 18.9. The molecular formula is C22H36ClNO4. The van der Waals surface area contributed by atoms with Gasteiger partial charge in [-0.25, -0.2) is 0 Å². The molecular weight excluding hydrogens is 378 g/mol. The summed E-state index contributed by atoms with van der Waals surface area (Å²) >= 11 is 0. The molecule has 5 nitrogen and oxygen atoms in total. The van der Waals surface area contributed by atoms with Crippen LogP contribution in [0.5, 0.6) is 0 Å². The highest BCUT2D eigenvalue weighted by atomic mass is 35.5. The monoisotopic (exact) mass is 413 g/mol. The maximum Gasteiger partial charge on any atom is 0.0771 e. The topological polar surface area (TPSA) is 73.2 Å². The quantitative estimate of drug-likeness (QED) is 0.642. The van der Waals surface area contributed by atoms with Gasteiger partial charge < -0.3 is 20.1 Å². The number of hydrogen-bond donors (Lipinski definition) is 3. The minimum absolute atomic E-state index is 0. The molecule has 28 heavy (non-hydrogen) atoms. The molecule has 0 aromatic rings. The molecule has 0 aromatic carbocycles. The summed E-state index contributed by atoms with van der Waals surface area (Å²) in [6.07, 6.45) is 3.66. The first kappa shape index (κ1) is 20.0. The van der Waals surface area contributed by atoms with Crippen LogP contribution in [-0.2, 0) is 4.74 Å². The van der Waals surface area contributed by atoms with Gasteiger partial charge >= 0.3 is 0 Å². The van der Waals surface area contributed by atoms with E-state index in [9.17, 15) is 15.3 Å².